The van der Waals surface area contributed by atoms with E-state index >= 15 is 0 Å². The van der Waals surface area contributed by atoms with Crippen molar-refractivity contribution in [2.24, 2.45) is 0 Å². The Balaban J connectivity index is 2.60. The van der Waals surface area contributed by atoms with Gasteiger partial charge in [-0.25, -0.2) is 0 Å². The van der Waals surface area contributed by atoms with Crippen LogP contribution in [-0.2, 0) is 12.4 Å². The van der Waals surface area contributed by atoms with E-state index in [-0.39, 0.29) is 0 Å². The summed E-state index contributed by atoms with van der Waals surface area (Å²) in [6.45, 7) is 4.04. The summed E-state index contributed by atoms with van der Waals surface area (Å²) >= 11 is 5.71. The van der Waals surface area contributed by atoms with Crippen LogP contribution in [0, 0.1) is 0 Å². The number of nitrogens with one attached hydrogen (secondary N) is 1. The third-order valence-electron chi connectivity index (χ3n) is 1.72. The highest BCUT2D eigenvalue weighted by atomic mass is 35.5. The summed E-state index contributed by atoms with van der Waals surface area (Å²) in [6.07, 6.45) is 0. The zero-order valence-corrected chi connectivity index (χ0v) is 8.06. The first-order chi connectivity index (χ1) is 5.86. The van der Waals surface area contributed by atoms with Gasteiger partial charge in [-0.2, -0.15) is 0 Å². The molecule has 0 heterocycles. The molecule has 0 bridgehead atoms. The van der Waals surface area contributed by atoms with E-state index in [1.165, 1.54) is 11.1 Å². The van der Waals surface area contributed by atoms with Crippen LogP contribution in [0.1, 0.15) is 18.1 Å². The topological polar surface area (TPSA) is 12.0 Å². The summed E-state index contributed by atoms with van der Waals surface area (Å²) in [5.74, 6) is 0.597. The SMILES string of the molecule is CCNCc1cccc(CCl)c1. The fraction of sp³-hybridized carbons (Fsp3) is 0.400. The third kappa shape index (κ3) is 2.84. The van der Waals surface area contributed by atoms with Gasteiger partial charge in [-0.05, 0) is 17.7 Å². The van der Waals surface area contributed by atoms with Crippen LogP contribution in [0.2, 0.25) is 0 Å². The maximum Gasteiger partial charge on any atom is 0.0474 e. The van der Waals surface area contributed by atoms with Crippen molar-refractivity contribution in [3.05, 3.63) is 35.4 Å². The average Bonchev–Trinajstić information content (AvgIpc) is 2.15. The van der Waals surface area contributed by atoms with E-state index in [0.29, 0.717) is 5.88 Å². The third-order valence-corrected chi connectivity index (χ3v) is 2.03. The van der Waals surface area contributed by atoms with Crippen LogP contribution in [-0.4, -0.2) is 6.54 Å². The van der Waals surface area contributed by atoms with Crippen LogP contribution in [0.4, 0.5) is 0 Å². The van der Waals surface area contributed by atoms with Crippen molar-refractivity contribution in [2.45, 2.75) is 19.3 Å². The van der Waals surface area contributed by atoms with Crippen LogP contribution in [0.3, 0.4) is 0 Å². The number of hydrogen-bond acceptors (Lipinski definition) is 1. The molecule has 0 aliphatic carbocycles. The lowest BCUT2D eigenvalue weighted by molar-refractivity contribution is 0.726. The Labute approximate surface area is 78.7 Å². The fourth-order valence-electron chi connectivity index (χ4n) is 1.09. The Morgan fingerprint density at radius 3 is 2.75 bits per heavy atom. The lowest BCUT2D eigenvalue weighted by atomic mass is 10.1. The Morgan fingerprint density at radius 2 is 2.08 bits per heavy atom. The molecule has 0 unspecified atom stereocenters. The minimum absolute atomic E-state index is 0.597. The minimum atomic E-state index is 0.597. The van der Waals surface area contributed by atoms with Gasteiger partial charge in [0, 0.05) is 12.4 Å². The van der Waals surface area contributed by atoms with Gasteiger partial charge in [0.15, 0.2) is 0 Å². The molecular weight excluding hydrogens is 170 g/mol. The molecule has 1 aromatic rings. The fourth-order valence-corrected chi connectivity index (χ4v) is 1.26. The summed E-state index contributed by atoms with van der Waals surface area (Å²) in [5, 5.41) is 3.27. The maximum absolute atomic E-state index is 5.71. The van der Waals surface area contributed by atoms with Crippen molar-refractivity contribution in [1.29, 1.82) is 0 Å². The highest BCUT2D eigenvalue weighted by Gasteiger charge is 1.93. The smallest absolute Gasteiger partial charge is 0.0474 e. The molecule has 0 amide bonds. The monoisotopic (exact) mass is 183 g/mol. The standard InChI is InChI=1S/C10H14ClN/c1-2-12-8-10-5-3-4-9(6-10)7-11/h3-6,12H,2,7-8H2,1H3. The van der Waals surface area contributed by atoms with E-state index in [4.69, 9.17) is 11.6 Å². The second-order valence-electron chi connectivity index (χ2n) is 2.73. The molecule has 2 heteroatoms. The van der Waals surface area contributed by atoms with Crippen molar-refractivity contribution in [1.82, 2.24) is 5.32 Å². The Hall–Kier alpha value is -0.530. The number of hydrogen-bond donors (Lipinski definition) is 1. The maximum atomic E-state index is 5.71. The van der Waals surface area contributed by atoms with Gasteiger partial charge in [0.05, 0.1) is 0 Å². The molecule has 1 aromatic carbocycles. The van der Waals surface area contributed by atoms with Crippen LogP contribution in [0.5, 0.6) is 0 Å². The van der Waals surface area contributed by atoms with E-state index in [1.54, 1.807) is 0 Å². The molecule has 0 spiro atoms. The van der Waals surface area contributed by atoms with Crippen LogP contribution in [0.15, 0.2) is 24.3 Å². The molecule has 1 rings (SSSR count). The lowest BCUT2D eigenvalue weighted by Gasteiger charge is -2.02. The highest BCUT2D eigenvalue weighted by molar-refractivity contribution is 6.17. The van der Waals surface area contributed by atoms with Crippen LogP contribution in [0.25, 0.3) is 0 Å². The van der Waals surface area contributed by atoms with Gasteiger partial charge >= 0.3 is 0 Å². The molecule has 0 fully saturated rings. The van der Waals surface area contributed by atoms with Gasteiger partial charge in [-0.3, -0.25) is 0 Å². The summed E-state index contributed by atoms with van der Waals surface area (Å²) in [5.41, 5.74) is 2.49. The van der Waals surface area contributed by atoms with Gasteiger partial charge in [0.25, 0.3) is 0 Å². The minimum Gasteiger partial charge on any atom is -0.313 e. The molecule has 12 heavy (non-hydrogen) atoms. The molecule has 0 aliphatic rings. The molecule has 1 nitrogen and oxygen atoms in total. The molecule has 0 saturated carbocycles. The Bertz CT molecular complexity index is 235. The van der Waals surface area contributed by atoms with Crippen molar-refractivity contribution in [2.75, 3.05) is 6.54 Å². The van der Waals surface area contributed by atoms with E-state index in [2.05, 4.69) is 24.4 Å². The predicted molar refractivity (Wildman–Crippen MR) is 53.4 cm³/mol. The summed E-state index contributed by atoms with van der Waals surface area (Å²) < 4.78 is 0. The van der Waals surface area contributed by atoms with Gasteiger partial charge < -0.3 is 5.32 Å². The van der Waals surface area contributed by atoms with Crippen molar-refractivity contribution >= 4 is 11.6 Å². The van der Waals surface area contributed by atoms with Gasteiger partial charge in [-0.1, -0.05) is 31.2 Å². The zero-order chi connectivity index (χ0) is 8.81. The molecule has 66 valence electrons. The summed E-state index contributed by atoms with van der Waals surface area (Å²) in [6, 6.07) is 8.33. The lowest BCUT2D eigenvalue weighted by Crippen LogP contribution is -2.11. The van der Waals surface area contributed by atoms with Gasteiger partial charge in [0.2, 0.25) is 0 Å². The highest BCUT2D eigenvalue weighted by Crippen LogP contribution is 2.07. The average molecular weight is 184 g/mol. The molecule has 1 N–H and O–H groups in total. The van der Waals surface area contributed by atoms with Gasteiger partial charge in [-0.15, -0.1) is 11.6 Å². The Morgan fingerprint density at radius 1 is 1.33 bits per heavy atom. The van der Waals surface area contributed by atoms with Gasteiger partial charge in [0.1, 0.15) is 0 Å². The number of halogens is 1. The predicted octanol–water partition coefficient (Wildman–Crippen LogP) is 2.53. The van der Waals surface area contributed by atoms with Crippen molar-refractivity contribution in [3.8, 4) is 0 Å². The molecule has 0 aromatic heterocycles. The molecule has 0 atom stereocenters. The number of alkyl halides is 1. The normalized spacial score (nSPS) is 10.2. The first-order valence-corrected chi connectivity index (χ1v) is 4.74. The molecule has 0 saturated heterocycles. The first-order valence-electron chi connectivity index (χ1n) is 4.21. The molecule has 0 radical (unpaired) electrons. The van der Waals surface area contributed by atoms with E-state index in [1.807, 2.05) is 12.1 Å². The van der Waals surface area contributed by atoms with E-state index in [0.717, 1.165) is 13.1 Å². The summed E-state index contributed by atoms with van der Waals surface area (Å²) in [7, 11) is 0. The summed E-state index contributed by atoms with van der Waals surface area (Å²) in [4.78, 5) is 0. The zero-order valence-electron chi connectivity index (χ0n) is 7.31. The van der Waals surface area contributed by atoms with Crippen molar-refractivity contribution < 1.29 is 0 Å². The van der Waals surface area contributed by atoms with Crippen LogP contribution < -0.4 is 5.32 Å². The van der Waals surface area contributed by atoms with Crippen molar-refractivity contribution in [3.63, 3.8) is 0 Å². The molecular formula is C10H14ClN. The second kappa shape index (κ2) is 5.18. The quantitative estimate of drug-likeness (QED) is 0.708. The number of rotatable bonds is 4. The first kappa shape index (κ1) is 9.56. The van der Waals surface area contributed by atoms with E-state index < -0.39 is 0 Å². The van der Waals surface area contributed by atoms with Crippen LogP contribution >= 0.6 is 11.6 Å². The largest absolute Gasteiger partial charge is 0.313 e. The second-order valence-corrected chi connectivity index (χ2v) is 3.00. The van der Waals surface area contributed by atoms with E-state index in [9.17, 15) is 0 Å². The number of benzene rings is 1. The molecule has 0 aliphatic heterocycles. The Kier molecular flexibility index (Phi) is 4.12.